The zero-order valence-electron chi connectivity index (χ0n) is 11.7. The Kier molecular flexibility index (Phi) is 4.89. The van der Waals surface area contributed by atoms with E-state index in [1.807, 2.05) is 6.92 Å². The molecule has 1 saturated carbocycles. The summed E-state index contributed by atoms with van der Waals surface area (Å²) in [5.74, 6) is 0.128. The van der Waals surface area contributed by atoms with Crippen molar-refractivity contribution in [3.8, 4) is 0 Å². The fourth-order valence-electron chi connectivity index (χ4n) is 2.55. The highest BCUT2D eigenvalue weighted by Gasteiger charge is 2.22. The average molecular weight is 279 g/mol. The number of hydrogen-bond acceptors (Lipinski definition) is 4. The Morgan fingerprint density at radius 2 is 2.10 bits per heavy atom. The summed E-state index contributed by atoms with van der Waals surface area (Å²) in [4.78, 5) is 23.5. The molecule has 20 heavy (non-hydrogen) atoms. The Morgan fingerprint density at radius 1 is 1.40 bits per heavy atom. The number of hydrogen-bond donors (Lipinski definition) is 2. The van der Waals surface area contributed by atoms with Crippen LogP contribution in [0.25, 0.3) is 0 Å². The number of aliphatic hydroxyl groups excluding tert-OH is 1. The molecule has 110 valence electrons. The molecule has 6 heteroatoms. The first-order chi connectivity index (χ1) is 9.63. The van der Waals surface area contributed by atoms with Crippen molar-refractivity contribution in [1.82, 2.24) is 15.1 Å². The van der Waals surface area contributed by atoms with Crippen molar-refractivity contribution < 1.29 is 9.90 Å². The molecule has 0 bridgehead atoms. The predicted molar refractivity (Wildman–Crippen MR) is 74.5 cm³/mol. The number of amides is 1. The second-order valence-electron chi connectivity index (χ2n) is 5.25. The highest BCUT2D eigenvalue weighted by Crippen LogP contribution is 2.23. The number of aliphatic hydroxyl groups is 1. The first-order valence-corrected chi connectivity index (χ1v) is 7.14. The summed E-state index contributed by atoms with van der Waals surface area (Å²) in [7, 11) is 0. The average Bonchev–Trinajstić information content (AvgIpc) is 2.48. The lowest BCUT2D eigenvalue weighted by Crippen LogP contribution is -2.39. The number of aryl methyl sites for hydroxylation is 1. The first-order valence-electron chi connectivity index (χ1n) is 7.14. The minimum Gasteiger partial charge on any atom is -0.396 e. The molecular formula is C14H21N3O3. The van der Waals surface area contributed by atoms with Gasteiger partial charge < -0.3 is 10.4 Å². The SMILES string of the molecule is CCn1nc(C(=O)NC2CCC(CO)CC2)ccc1=O. The quantitative estimate of drug-likeness (QED) is 0.842. The van der Waals surface area contributed by atoms with Gasteiger partial charge in [0.1, 0.15) is 5.69 Å². The largest absolute Gasteiger partial charge is 0.396 e. The van der Waals surface area contributed by atoms with E-state index < -0.39 is 0 Å². The van der Waals surface area contributed by atoms with E-state index in [0.29, 0.717) is 12.5 Å². The number of carbonyl (C=O) groups excluding carboxylic acids is 1. The van der Waals surface area contributed by atoms with Gasteiger partial charge in [0, 0.05) is 25.3 Å². The third-order valence-corrected chi connectivity index (χ3v) is 3.84. The third kappa shape index (κ3) is 3.45. The molecule has 1 amide bonds. The predicted octanol–water partition coefficient (Wildman–Crippen LogP) is 0.544. The highest BCUT2D eigenvalue weighted by molar-refractivity contribution is 5.92. The van der Waals surface area contributed by atoms with Gasteiger partial charge in [0.05, 0.1) is 0 Å². The lowest BCUT2D eigenvalue weighted by Gasteiger charge is -2.27. The zero-order valence-corrected chi connectivity index (χ0v) is 11.7. The third-order valence-electron chi connectivity index (χ3n) is 3.84. The second-order valence-corrected chi connectivity index (χ2v) is 5.25. The molecule has 0 spiro atoms. The Bertz CT molecular complexity index is 519. The van der Waals surface area contributed by atoms with Crippen molar-refractivity contribution in [3.05, 3.63) is 28.2 Å². The van der Waals surface area contributed by atoms with Crippen LogP contribution in [0.1, 0.15) is 43.1 Å². The fourth-order valence-corrected chi connectivity index (χ4v) is 2.55. The number of aromatic nitrogens is 2. The van der Waals surface area contributed by atoms with Gasteiger partial charge >= 0.3 is 0 Å². The van der Waals surface area contributed by atoms with Gasteiger partial charge in [-0.3, -0.25) is 9.59 Å². The van der Waals surface area contributed by atoms with E-state index in [4.69, 9.17) is 5.11 Å². The maximum atomic E-state index is 12.1. The van der Waals surface area contributed by atoms with Crippen LogP contribution in [0, 0.1) is 5.92 Å². The molecule has 0 unspecified atom stereocenters. The lowest BCUT2D eigenvalue weighted by atomic mass is 9.86. The molecule has 0 atom stereocenters. The molecule has 1 aromatic heterocycles. The number of nitrogens with zero attached hydrogens (tertiary/aromatic N) is 2. The molecule has 0 saturated heterocycles. The minimum atomic E-state index is -0.236. The summed E-state index contributed by atoms with van der Waals surface area (Å²) in [6.07, 6.45) is 3.63. The van der Waals surface area contributed by atoms with Crippen molar-refractivity contribution in [2.45, 2.75) is 45.2 Å². The van der Waals surface area contributed by atoms with Crippen molar-refractivity contribution in [1.29, 1.82) is 0 Å². The van der Waals surface area contributed by atoms with E-state index in [2.05, 4.69) is 10.4 Å². The van der Waals surface area contributed by atoms with E-state index in [0.717, 1.165) is 25.7 Å². The van der Waals surface area contributed by atoms with Crippen LogP contribution in [0.5, 0.6) is 0 Å². The Hall–Kier alpha value is -1.69. The molecule has 1 aliphatic rings. The van der Waals surface area contributed by atoms with Crippen molar-refractivity contribution in [3.63, 3.8) is 0 Å². The topological polar surface area (TPSA) is 84.2 Å². The van der Waals surface area contributed by atoms with Gasteiger partial charge in [0.15, 0.2) is 0 Å². The molecule has 2 N–H and O–H groups in total. The summed E-state index contributed by atoms with van der Waals surface area (Å²) in [5.41, 5.74) is 0.0724. The summed E-state index contributed by atoms with van der Waals surface area (Å²) >= 11 is 0. The van der Waals surface area contributed by atoms with Crippen LogP contribution in [0.3, 0.4) is 0 Å². The van der Waals surface area contributed by atoms with Crippen molar-refractivity contribution in [2.75, 3.05) is 6.61 Å². The van der Waals surface area contributed by atoms with Gasteiger partial charge in [0.2, 0.25) is 0 Å². The van der Waals surface area contributed by atoms with E-state index in [-0.39, 0.29) is 29.8 Å². The van der Waals surface area contributed by atoms with Gasteiger partial charge in [-0.1, -0.05) is 0 Å². The maximum Gasteiger partial charge on any atom is 0.271 e. The minimum absolute atomic E-state index is 0.133. The molecule has 1 fully saturated rings. The van der Waals surface area contributed by atoms with Gasteiger partial charge in [-0.2, -0.15) is 5.10 Å². The summed E-state index contributed by atoms with van der Waals surface area (Å²) in [6.45, 7) is 2.48. The highest BCUT2D eigenvalue weighted by atomic mass is 16.3. The molecule has 0 radical (unpaired) electrons. The van der Waals surface area contributed by atoms with E-state index in [1.165, 1.54) is 16.8 Å². The van der Waals surface area contributed by atoms with Crippen LogP contribution < -0.4 is 10.9 Å². The van der Waals surface area contributed by atoms with E-state index >= 15 is 0 Å². The normalized spacial score (nSPS) is 22.5. The Labute approximate surface area is 117 Å². The van der Waals surface area contributed by atoms with Crippen LogP contribution in [0.4, 0.5) is 0 Å². The molecule has 1 aromatic rings. The van der Waals surface area contributed by atoms with Gasteiger partial charge in [-0.25, -0.2) is 4.68 Å². The van der Waals surface area contributed by atoms with Crippen LogP contribution in [0.2, 0.25) is 0 Å². The van der Waals surface area contributed by atoms with Gasteiger partial charge in [-0.15, -0.1) is 0 Å². The maximum absolute atomic E-state index is 12.1. The van der Waals surface area contributed by atoms with Crippen LogP contribution in [-0.2, 0) is 6.54 Å². The molecule has 1 aliphatic carbocycles. The fraction of sp³-hybridized carbons (Fsp3) is 0.643. The molecule has 0 aliphatic heterocycles. The Morgan fingerprint density at radius 3 is 2.70 bits per heavy atom. The molecule has 6 nitrogen and oxygen atoms in total. The van der Waals surface area contributed by atoms with Crippen molar-refractivity contribution in [2.24, 2.45) is 5.92 Å². The summed E-state index contributed by atoms with van der Waals surface area (Å²) in [5, 5.41) is 16.1. The van der Waals surface area contributed by atoms with Gasteiger partial charge in [-0.05, 0) is 44.6 Å². The van der Waals surface area contributed by atoms with Gasteiger partial charge in [0.25, 0.3) is 11.5 Å². The lowest BCUT2D eigenvalue weighted by molar-refractivity contribution is 0.0906. The second kappa shape index (κ2) is 6.65. The summed E-state index contributed by atoms with van der Waals surface area (Å²) in [6, 6.07) is 2.96. The monoisotopic (exact) mass is 279 g/mol. The first kappa shape index (κ1) is 14.7. The van der Waals surface area contributed by atoms with Crippen molar-refractivity contribution >= 4 is 5.91 Å². The smallest absolute Gasteiger partial charge is 0.271 e. The number of nitrogens with one attached hydrogen (secondary N) is 1. The standard InChI is InChI=1S/C14H21N3O3/c1-2-17-13(19)8-7-12(16-17)14(20)15-11-5-3-10(9-18)4-6-11/h7-8,10-11,18H,2-6,9H2,1H3,(H,15,20). The number of rotatable bonds is 4. The van der Waals surface area contributed by atoms with Crippen LogP contribution >= 0.6 is 0 Å². The van der Waals surface area contributed by atoms with E-state index in [9.17, 15) is 9.59 Å². The van der Waals surface area contributed by atoms with E-state index in [1.54, 1.807) is 0 Å². The molecule has 2 rings (SSSR count). The number of carbonyl (C=O) groups is 1. The summed E-state index contributed by atoms with van der Waals surface area (Å²) < 4.78 is 1.28. The van der Waals surface area contributed by atoms with Crippen LogP contribution in [-0.4, -0.2) is 33.4 Å². The van der Waals surface area contributed by atoms with Crippen LogP contribution in [0.15, 0.2) is 16.9 Å². The Balaban J connectivity index is 1.97. The molecule has 1 heterocycles. The zero-order chi connectivity index (χ0) is 14.5. The molecule has 0 aromatic carbocycles. The molecular weight excluding hydrogens is 258 g/mol.